The number of aryl methyl sites for hydroxylation is 1. The highest BCUT2D eigenvalue weighted by Gasteiger charge is 2.31. The lowest BCUT2D eigenvalue weighted by Crippen LogP contribution is -2.51. The van der Waals surface area contributed by atoms with Crippen molar-refractivity contribution >= 4 is 11.9 Å². The zero-order valence-electron chi connectivity index (χ0n) is 14.6. The molecule has 0 saturated carbocycles. The predicted octanol–water partition coefficient (Wildman–Crippen LogP) is 2.20. The number of hydrogen-bond donors (Lipinski definition) is 1. The number of carboxylic acids is 1. The van der Waals surface area contributed by atoms with Gasteiger partial charge in [0.15, 0.2) is 12.2 Å². The standard InChI is InChI=1S/C18H25NO5/c1-11(2)15-6-5-14(9-12(15)3)24-13(4)17(20)19-7-8-23-16(10-19)18(21)22/h5-6,9,11,13,16H,7-8,10H2,1-4H3,(H,21,22). The summed E-state index contributed by atoms with van der Waals surface area (Å²) < 4.78 is 10.9. The van der Waals surface area contributed by atoms with Crippen molar-refractivity contribution in [2.75, 3.05) is 19.7 Å². The summed E-state index contributed by atoms with van der Waals surface area (Å²) in [5.41, 5.74) is 2.37. The lowest BCUT2D eigenvalue weighted by atomic mass is 9.98. The molecule has 0 spiro atoms. The Bertz CT molecular complexity index is 613. The maximum atomic E-state index is 12.5. The van der Waals surface area contributed by atoms with Gasteiger partial charge < -0.3 is 19.5 Å². The molecule has 1 fully saturated rings. The van der Waals surface area contributed by atoms with Crippen LogP contribution >= 0.6 is 0 Å². The zero-order valence-corrected chi connectivity index (χ0v) is 14.6. The Balaban J connectivity index is 2.01. The minimum atomic E-state index is -1.05. The van der Waals surface area contributed by atoms with Gasteiger partial charge in [-0.25, -0.2) is 4.79 Å². The van der Waals surface area contributed by atoms with Crippen molar-refractivity contribution < 1.29 is 24.2 Å². The number of morpholine rings is 1. The first-order valence-electron chi connectivity index (χ1n) is 8.20. The van der Waals surface area contributed by atoms with Gasteiger partial charge in [-0.3, -0.25) is 4.79 Å². The van der Waals surface area contributed by atoms with Crippen LogP contribution in [0.25, 0.3) is 0 Å². The van der Waals surface area contributed by atoms with Crippen molar-refractivity contribution in [1.82, 2.24) is 4.90 Å². The van der Waals surface area contributed by atoms with Gasteiger partial charge in [-0.05, 0) is 43.0 Å². The summed E-state index contributed by atoms with van der Waals surface area (Å²) >= 11 is 0. The van der Waals surface area contributed by atoms with Crippen LogP contribution in [-0.2, 0) is 14.3 Å². The van der Waals surface area contributed by atoms with Crippen LogP contribution < -0.4 is 4.74 Å². The average Bonchev–Trinajstić information content (AvgIpc) is 2.53. The van der Waals surface area contributed by atoms with Crippen LogP contribution in [-0.4, -0.2) is 53.8 Å². The molecule has 1 aromatic rings. The highest BCUT2D eigenvalue weighted by Crippen LogP contribution is 2.24. The van der Waals surface area contributed by atoms with E-state index < -0.39 is 18.2 Å². The van der Waals surface area contributed by atoms with Crippen LogP contribution in [0.2, 0.25) is 0 Å². The predicted molar refractivity (Wildman–Crippen MR) is 89.3 cm³/mol. The fraction of sp³-hybridized carbons (Fsp3) is 0.556. The van der Waals surface area contributed by atoms with E-state index in [0.717, 1.165) is 5.56 Å². The third-order valence-electron chi connectivity index (χ3n) is 4.18. The van der Waals surface area contributed by atoms with Crippen LogP contribution in [0.5, 0.6) is 5.75 Å². The number of rotatable bonds is 5. The Kier molecular flexibility index (Phi) is 5.83. The van der Waals surface area contributed by atoms with E-state index in [1.165, 1.54) is 10.5 Å². The second kappa shape index (κ2) is 7.66. The molecule has 132 valence electrons. The molecule has 1 saturated heterocycles. The molecule has 24 heavy (non-hydrogen) atoms. The quantitative estimate of drug-likeness (QED) is 0.893. The molecule has 0 bridgehead atoms. The summed E-state index contributed by atoms with van der Waals surface area (Å²) in [6.07, 6.45) is -1.65. The van der Waals surface area contributed by atoms with Gasteiger partial charge >= 0.3 is 5.97 Å². The average molecular weight is 335 g/mol. The molecule has 0 aromatic heterocycles. The first-order valence-corrected chi connectivity index (χ1v) is 8.20. The van der Waals surface area contributed by atoms with E-state index in [-0.39, 0.29) is 19.1 Å². The number of carboxylic acid groups (broad SMARTS) is 1. The van der Waals surface area contributed by atoms with Crippen LogP contribution in [0.1, 0.15) is 37.8 Å². The maximum Gasteiger partial charge on any atom is 0.334 e. The van der Waals surface area contributed by atoms with E-state index >= 15 is 0 Å². The lowest BCUT2D eigenvalue weighted by Gasteiger charge is -2.32. The van der Waals surface area contributed by atoms with Crippen LogP contribution in [0.3, 0.4) is 0 Å². The molecule has 1 aliphatic heterocycles. The monoisotopic (exact) mass is 335 g/mol. The normalized spacial score (nSPS) is 19.2. The Morgan fingerprint density at radius 3 is 2.62 bits per heavy atom. The maximum absolute atomic E-state index is 12.5. The molecule has 2 rings (SSSR count). The Morgan fingerprint density at radius 2 is 2.04 bits per heavy atom. The van der Waals surface area contributed by atoms with Crippen LogP contribution in [0, 0.1) is 6.92 Å². The fourth-order valence-corrected chi connectivity index (χ4v) is 2.88. The summed E-state index contributed by atoms with van der Waals surface area (Å²) in [6.45, 7) is 8.61. The zero-order chi connectivity index (χ0) is 17.9. The first kappa shape index (κ1) is 18.3. The minimum absolute atomic E-state index is 0.0488. The number of nitrogens with zero attached hydrogens (tertiary/aromatic N) is 1. The van der Waals surface area contributed by atoms with Crippen molar-refractivity contribution in [2.45, 2.75) is 45.8 Å². The van der Waals surface area contributed by atoms with Gasteiger partial charge in [0, 0.05) is 6.54 Å². The summed E-state index contributed by atoms with van der Waals surface area (Å²) in [6, 6.07) is 5.81. The lowest BCUT2D eigenvalue weighted by molar-refractivity contribution is -0.161. The number of hydrogen-bond acceptors (Lipinski definition) is 4. The molecule has 0 radical (unpaired) electrons. The molecule has 1 N–H and O–H groups in total. The third-order valence-corrected chi connectivity index (χ3v) is 4.18. The van der Waals surface area contributed by atoms with Gasteiger partial charge in [0.25, 0.3) is 5.91 Å². The molecular formula is C18H25NO5. The largest absolute Gasteiger partial charge is 0.481 e. The number of ether oxygens (including phenoxy) is 2. The van der Waals surface area contributed by atoms with E-state index in [4.69, 9.17) is 14.6 Å². The van der Waals surface area contributed by atoms with Crippen molar-refractivity contribution in [3.8, 4) is 5.75 Å². The van der Waals surface area contributed by atoms with E-state index in [1.54, 1.807) is 6.92 Å². The number of carbonyl (C=O) groups is 2. The Morgan fingerprint density at radius 1 is 1.33 bits per heavy atom. The van der Waals surface area contributed by atoms with E-state index in [9.17, 15) is 9.59 Å². The summed E-state index contributed by atoms with van der Waals surface area (Å²) in [4.78, 5) is 25.0. The molecule has 1 aliphatic rings. The molecule has 1 heterocycles. The van der Waals surface area contributed by atoms with Crippen molar-refractivity contribution in [2.24, 2.45) is 0 Å². The van der Waals surface area contributed by atoms with Crippen molar-refractivity contribution in [3.05, 3.63) is 29.3 Å². The highest BCUT2D eigenvalue weighted by molar-refractivity contribution is 5.82. The number of aliphatic carboxylic acids is 1. The van der Waals surface area contributed by atoms with E-state index in [1.807, 2.05) is 25.1 Å². The van der Waals surface area contributed by atoms with Crippen molar-refractivity contribution in [1.29, 1.82) is 0 Å². The number of carbonyl (C=O) groups excluding carboxylic acids is 1. The topological polar surface area (TPSA) is 76.1 Å². The van der Waals surface area contributed by atoms with E-state index in [2.05, 4.69) is 13.8 Å². The molecule has 0 aliphatic carbocycles. The van der Waals surface area contributed by atoms with Gasteiger partial charge in [-0.1, -0.05) is 19.9 Å². The van der Waals surface area contributed by atoms with E-state index in [0.29, 0.717) is 18.2 Å². The fourth-order valence-electron chi connectivity index (χ4n) is 2.88. The molecule has 1 aromatic carbocycles. The van der Waals surface area contributed by atoms with Crippen molar-refractivity contribution in [3.63, 3.8) is 0 Å². The number of amides is 1. The second-order valence-electron chi connectivity index (χ2n) is 6.42. The molecule has 1 amide bonds. The molecule has 6 heteroatoms. The number of benzene rings is 1. The van der Waals surface area contributed by atoms with Crippen LogP contribution in [0.4, 0.5) is 0 Å². The summed E-state index contributed by atoms with van der Waals surface area (Å²) in [5, 5.41) is 9.02. The molecular weight excluding hydrogens is 310 g/mol. The smallest absolute Gasteiger partial charge is 0.334 e. The summed E-state index contributed by atoms with van der Waals surface area (Å²) in [5.74, 6) is -0.212. The summed E-state index contributed by atoms with van der Waals surface area (Å²) in [7, 11) is 0. The first-order chi connectivity index (χ1) is 11.3. The SMILES string of the molecule is Cc1cc(OC(C)C(=O)N2CCOC(C(=O)O)C2)ccc1C(C)C. The molecule has 2 unspecified atom stereocenters. The van der Waals surface area contributed by atoms with Gasteiger partial charge in [-0.2, -0.15) is 0 Å². The highest BCUT2D eigenvalue weighted by atomic mass is 16.5. The molecule has 2 atom stereocenters. The van der Waals surface area contributed by atoms with Gasteiger partial charge in [0.2, 0.25) is 0 Å². The third kappa shape index (κ3) is 4.26. The van der Waals surface area contributed by atoms with Crippen LogP contribution in [0.15, 0.2) is 18.2 Å². The van der Waals surface area contributed by atoms with Gasteiger partial charge in [0.05, 0.1) is 13.2 Å². The van der Waals surface area contributed by atoms with Gasteiger partial charge in [0.1, 0.15) is 5.75 Å². The molecule has 6 nitrogen and oxygen atoms in total. The Labute approximate surface area is 142 Å². The Hall–Kier alpha value is -2.08. The minimum Gasteiger partial charge on any atom is -0.481 e. The van der Waals surface area contributed by atoms with Gasteiger partial charge in [-0.15, -0.1) is 0 Å². The second-order valence-corrected chi connectivity index (χ2v) is 6.42.